The average molecular weight is 333 g/mol. The number of hydrogen-bond acceptors (Lipinski definition) is 4. The predicted octanol–water partition coefficient (Wildman–Crippen LogP) is 2.48. The fourth-order valence-electron chi connectivity index (χ4n) is 2.94. The number of carbonyl (C=O) groups is 1. The summed E-state index contributed by atoms with van der Waals surface area (Å²) in [4.78, 5) is 17.3. The van der Waals surface area contributed by atoms with Gasteiger partial charge in [0, 0.05) is 23.1 Å². The highest BCUT2D eigenvalue weighted by Gasteiger charge is 2.31. The molecule has 2 N–H and O–H groups in total. The Morgan fingerprint density at radius 1 is 1.12 bits per heavy atom. The molecular formula is C19H15N3OS. The van der Waals surface area contributed by atoms with Crippen molar-refractivity contribution < 1.29 is 4.79 Å². The van der Waals surface area contributed by atoms with Crippen molar-refractivity contribution in [2.45, 2.75) is 12.6 Å². The van der Waals surface area contributed by atoms with Crippen molar-refractivity contribution >= 4 is 35.1 Å². The third kappa shape index (κ3) is 2.74. The first-order valence-corrected chi connectivity index (χ1v) is 8.14. The Balaban J connectivity index is 1.63. The van der Waals surface area contributed by atoms with Gasteiger partial charge in [-0.05, 0) is 35.4 Å². The van der Waals surface area contributed by atoms with Crippen LogP contribution in [0.4, 0.5) is 0 Å². The molecule has 4 nitrogen and oxygen atoms in total. The number of aromatic nitrogens is 1. The SMILES string of the molecule is O=C1NC(C2=Cc3ccccc3CC2=S)N/C1=C\c1ccccn1. The number of nitrogens with one attached hydrogen (secondary N) is 2. The minimum atomic E-state index is -0.298. The maximum Gasteiger partial charge on any atom is 0.269 e. The molecule has 1 saturated heterocycles. The van der Waals surface area contributed by atoms with Gasteiger partial charge in [-0.3, -0.25) is 9.78 Å². The van der Waals surface area contributed by atoms with Crippen LogP contribution in [0.1, 0.15) is 16.8 Å². The second kappa shape index (κ2) is 6.02. The van der Waals surface area contributed by atoms with Gasteiger partial charge in [-0.25, -0.2) is 0 Å². The van der Waals surface area contributed by atoms with Crippen LogP contribution in [0.2, 0.25) is 0 Å². The van der Waals surface area contributed by atoms with Crippen LogP contribution in [-0.4, -0.2) is 21.9 Å². The second-order valence-corrected chi connectivity index (χ2v) is 6.25. The topological polar surface area (TPSA) is 54.0 Å². The molecule has 24 heavy (non-hydrogen) atoms. The van der Waals surface area contributed by atoms with Crippen molar-refractivity contribution in [1.82, 2.24) is 15.6 Å². The van der Waals surface area contributed by atoms with Crippen LogP contribution in [0, 0.1) is 0 Å². The lowest BCUT2D eigenvalue weighted by molar-refractivity contribution is -0.116. The molecule has 1 aliphatic carbocycles. The Kier molecular flexibility index (Phi) is 3.70. The second-order valence-electron chi connectivity index (χ2n) is 5.76. The molecule has 2 heterocycles. The fraction of sp³-hybridized carbons (Fsp3) is 0.105. The molecule has 1 aromatic carbocycles. The summed E-state index contributed by atoms with van der Waals surface area (Å²) in [5.74, 6) is -0.145. The number of rotatable bonds is 2. The Labute approximate surface area is 145 Å². The maximum absolute atomic E-state index is 12.2. The van der Waals surface area contributed by atoms with Crippen molar-refractivity contribution in [1.29, 1.82) is 0 Å². The van der Waals surface area contributed by atoms with E-state index in [0.29, 0.717) is 5.70 Å². The summed E-state index contributed by atoms with van der Waals surface area (Å²) in [7, 11) is 0. The van der Waals surface area contributed by atoms with Crippen molar-refractivity contribution in [2.75, 3.05) is 0 Å². The molecule has 118 valence electrons. The highest BCUT2D eigenvalue weighted by Crippen LogP contribution is 2.25. The number of carbonyl (C=O) groups excluding carboxylic acids is 1. The Bertz CT molecular complexity index is 886. The molecular weight excluding hydrogens is 318 g/mol. The Hall–Kier alpha value is -2.79. The van der Waals surface area contributed by atoms with Gasteiger partial charge in [0.15, 0.2) is 0 Å². The van der Waals surface area contributed by atoms with Crippen LogP contribution in [0.25, 0.3) is 12.2 Å². The first-order valence-electron chi connectivity index (χ1n) is 7.73. The van der Waals surface area contributed by atoms with Gasteiger partial charge in [-0.1, -0.05) is 42.5 Å². The number of thiocarbonyl (C=S) groups is 1. The molecule has 1 aromatic heterocycles. The van der Waals surface area contributed by atoms with Gasteiger partial charge in [0.1, 0.15) is 11.9 Å². The van der Waals surface area contributed by atoms with Crippen LogP contribution in [0.3, 0.4) is 0 Å². The van der Waals surface area contributed by atoms with Gasteiger partial charge in [0.25, 0.3) is 5.91 Å². The summed E-state index contributed by atoms with van der Waals surface area (Å²) in [6.07, 6.45) is 5.93. The average Bonchev–Trinajstić information content (AvgIpc) is 2.95. The van der Waals surface area contributed by atoms with Gasteiger partial charge < -0.3 is 10.6 Å². The van der Waals surface area contributed by atoms with Crippen LogP contribution in [-0.2, 0) is 11.2 Å². The first-order chi connectivity index (χ1) is 11.7. The smallest absolute Gasteiger partial charge is 0.269 e. The van der Waals surface area contributed by atoms with Crippen molar-refractivity contribution in [2.24, 2.45) is 0 Å². The third-order valence-electron chi connectivity index (χ3n) is 4.15. The molecule has 1 aliphatic heterocycles. The molecule has 0 radical (unpaired) electrons. The summed E-state index contributed by atoms with van der Waals surface area (Å²) in [5.41, 5.74) is 4.56. The summed E-state index contributed by atoms with van der Waals surface area (Å²) >= 11 is 5.56. The molecule has 1 fully saturated rings. The van der Waals surface area contributed by atoms with E-state index in [-0.39, 0.29) is 12.1 Å². The lowest BCUT2D eigenvalue weighted by Gasteiger charge is -2.22. The number of fused-ring (bicyclic) bond motifs is 1. The van der Waals surface area contributed by atoms with Crippen LogP contribution in [0.5, 0.6) is 0 Å². The van der Waals surface area contributed by atoms with Crippen molar-refractivity contribution in [3.8, 4) is 0 Å². The molecule has 0 bridgehead atoms. The van der Waals surface area contributed by atoms with Gasteiger partial charge in [-0.2, -0.15) is 0 Å². The lowest BCUT2D eigenvalue weighted by atomic mass is 9.91. The van der Waals surface area contributed by atoms with Crippen LogP contribution < -0.4 is 10.6 Å². The van der Waals surface area contributed by atoms with E-state index >= 15 is 0 Å². The molecule has 2 aromatic rings. The number of amides is 1. The first kappa shape index (κ1) is 14.8. The van der Waals surface area contributed by atoms with Gasteiger partial charge in [0.2, 0.25) is 0 Å². The lowest BCUT2D eigenvalue weighted by Crippen LogP contribution is -2.37. The molecule has 1 atom stereocenters. The quantitative estimate of drug-likeness (QED) is 0.655. The number of hydrogen-bond donors (Lipinski definition) is 2. The van der Waals surface area contributed by atoms with Crippen molar-refractivity contribution in [3.05, 3.63) is 76.8 Å². The summed E-state index contributed by atoms with van der Waals surface area (Å²) in [6, 6.07) is 13.8. The van der Waals surface area contributed by atoms with Gasteiger partial charge in [-0.15, -0.1) is 0 Å². The van der Waals surface area contributed by atoms with E-state index in [9.17, 15) is 4.79 Å². The zero-order valence-corrected chi connectivity index (χ0v) is 13.6. The standard InChI is InChI=1S/C19H15N3OS/c23-19-16(11-14-7-3-4-8-20-14)21-18(22-19)15-9-12-5-1-2-6-13(12)10-17(15)24/h1-9,11,18,21H,10H2,(H,22,23)/b16-11-. The number of benzene rings is 1. The highest BCUT2D eigenvalue weighted by atomic mass is 32.1. The number of nitrogens with zero attached hydrogens (tertiary/aromatic N) is 1. The molecule has 1 amide bonds. The molecule has 4 rings (SSSR count). The van der Waals surface area contributed by atoms with E-state index in [1.807, 2.05) is 30.3 Å². The summed E-state index contributed by atoms with van der Waals surface area (Å²) in [6.45, 7) is 0. The van der Waals surface area contributed by atoms with Crippen molar-refractivity contribution in [3.63, 3.8) is 0 Å². The highest BCUT2D eigenvalue weighted by molar-refractivity contribution is 7.80. The minimum Gasteiger partial charge on any atom is -0.357 e. The van der Waals surface area contributed by atoms with E-state index in [2.05, 4.69) is 33.8 Å². The normalized spacial score (nSPS) is 21.1. The van der Waals surface area contributed by atoms with Crippen LogP contribution >= 0.6 is 12.2 Å². The maximum atomic E-state index is 12.2. The molecule has 0 saturated carbocycles. The van der Waals surface area contributed by atoms with E-state index in [1.165, 1.54) is 5.56 Å². The molecule has 0 spiro atoms. The monoisotopic (exact) mass is 333 g/mol. The largest absolute Gasteiger partial charge is 0.357 e. The van der Waals surface area contributed by atoms with Crippen LogP contribution in [0.15, 0.2) is 59.9 Å². The molecule has 2 aliphatic rings. The van der Waals surface area contributed by atoms with E-state index < -0.39 is 0 Å². The summed E-state index contributed by atoms with van der Waals surface area (Å²) in [5, 5.41) is 6.18. The Morgan fingerprint density at radius 2 is 1.96 bits per heavy atom. The van der Waals surface area contributed by atoms with Gasteiger partial charge in [0.05, 0.1) is 5.69 Å². The third-order valence-corrected chi connectivity index (χ3v) is 4.53. The molecule has 1 unspecified atom stereocenters. The van der Waals surface area contributed by atoms with E-state index in [1.54, 1.807) is 12.3 Å². The zero-order valence-electron chi connectivity index (χ0n) is 12.8. The number of pyridine rings is 1. The zero-order chi connectivity index (χ0) is 16.5. The summed E-state index contributed by atoms with van der Waals surface area (Å²) < 4.78 is 0. The minimum absolute atomic E-state index is 0.145. The predicted molar refractivity (Wildman–Crippen MR) is 98.0 cm³/mol. The van der Waals surface area contributed by atoms with E-state index in [0.717, 1.165) is 28.1 Å². The Morgan fingerprint density at radius 3 is 2.79 bits per heavy atom. The molecule has 5 heteroatoms. The fourth-order valence-corrected chi connectivity index (χ4v) is 3.27. The van der Waals surface area contributed by atoms with Gasteiger partial charge >= 0.3 is 0 Å². The van der Waals surface area contributed by atoms with E-state index in [4.69, 9.17) is 12.2 Å².